The number of rotatable bonds is 2. The maximum Gasteiger partial charge on any atom is 0.0684 e. The van der Waals surface area contributed by atoms with E-state index in [-0.39, 0.29) is 0 Å². The molecule has 0 spiro atoms. The molecule has 2 aromatic heterocycles. The van der Waals surface area contributed by atoms with Crippen LogP contribution >= 0.6 is 0 Å². The van der Waals surface area contributed by atoms with Crippen LogP contribution in [-0.4, -0.2) is 20.0 Å². The van der Waals surface area contributed by atoms with Crippen LogP contribution in [0.1, 0.15) is 11.4 Å². The van der Waals surface area contributed by atoms with Crippen molar-refractivity contribution in [3.05, 3.63) is 35.9 Å². The van der Waals surface area contributed by atoms with Gasteiger partial charge in [-0.3, -0.25) is 9.78 Å². The van der Waals surface area contributed by atoms with Gasteiger partial charge in [0.2, 0.25) is 0 Å². The Morgan fingerprint density at radius 1 is 1.42 bits per heavy atom. The van der Waals surface area contributed by atoms with E-state index in [4.69, 9.17) is 0 Å². The maximum atomic E-state index is 4.25. The van der Waals surface area contributed by atoms with Gasteiger partial charge in [0.25, 0.3) is 0 Å². The van der Waals surface area contributed by atoms with Gasteiger partial charge in [0.1, 0.15) is 0 Å². The Labute approximate surface area is 70.2 Å². The standard InChI is InChI=1S/C8H10N4/c1-12-5-3-8(11-12)6-7-2-4-9-10-7/h2-5H,6H2,1H3,(H,9,10). The molecule has 0 atom stereocenters. The highest BCUT2D eigenvalue weighted by molar-refractivity contribution is 5.10. The van der Waals surface area contributed by atoms with Crippen LogP contribution in [0.2, 0.25) is 0 Å². The smallest absolute Gasteiger partial charge is 0.0684 e. The third kappa shape index (κ3) is 1.37. The molecule has 0 fully saturated rings. The molecule has 2 rings (SSSR count). The maximum absolute atomic E-state index is 4.25. The summed E-state index contributed by atoms with van der Waals surface area (Å²) in [6.07, 6.45) is 4.55. The van der Waals surface area contributed by atoms with Crippen LogP contribution in [0.25, 0.3) is 0 Å². The molecule has 12 heavy (non-hydrogen) atoms. The Bertz CT molecular complexity index is 347. The van der Waals surface area contributed by atoms with Crippen LogP contribution in [0, 0.1) is 0 Å². The number of nitrogens with one attached hydrogen (secondary N) is 1. The minimum atomic E-state index is 0.796. The minimum absolute atomic E-state index is 0.796. The number of aryl methyl sites for hydroxylation is 1. The second-order valence-electron chi connectivity index (χ2n) is 2.72. The zero-order chi connectivity index (χ0) is 8.39. The average Bonchev–Trinajstić information content (AvgIpc) is 2.63. The van der Waals surface area contributed by atoms with E-state index in [1.165, 1.54) is 0 Å². The molecule has 0 saturated heterocycles. The van der Waals surface area contributed by atoms with Gasteiger partial charge in [-0.1, -0.05) is 0 Å². The molecule has 0 bridgehead atoms. The lowest BCUT2D eigenvalue weighted by Gasteiger charge is -1.89. The Kier molecular flexibility index (Phi) is 1.66. The number of aromatic amines is 1. The van der Waals surface area contributed by atoms with Crippen molar-refractivity contribution in [2.24, 2.45) is 7.05 Å². The third-order valence-electron chi connectivity index (χ3n) is 1.69. The summed E-state index contributed by atoms with van der Waals surface area (Å²) in [7, 11) is 1.91. The van der Waals surface area contributed by atoms with Crippen molar-refractivity contribution in [1.82, 2.24) is 20.0 Å². The predicted octanol–water partition coefficient (Wildman–Crippen LogP) is 0.734. The lowest BCUT2D eigenvalue weighted by molar-refractivity contribution is 0.747. The van der Waals surface area contributed by atoms with E-state index in [2.05, 4.69) is 15.3 Å². The summed E-state index contributed by atoms with van der Waals surface area (Å²) < 4.78 is 1.79. The van der Waals surface area contributed by atoms with Crippen LogP contribution in [0.4, 0.5) is 0 Å². The first kappa shape index (κ1) is 7.09. The second kappa shape index (κ2) is 2.81. The van der Waals surface area contributed by atoms with E-state index < -0.39 is 0 Å². The van der Waals surface area contributed by atoms with Crippen molar-refractivity contribution in [2.75, 3.05) is 0 Å². The lowest BCUT2D eigenvalue weighted by Crippen LogP contribution is -1.92. The number of nitrogens with zero attached hydrogens (tertiary/aromatic N) is 3. The molecule has 0 aromatic carbocycles. The van der Waals surface area contributed by atoms with Crippen molar-refractivity contribution < 1.29 is 0 Å². The van der Waals surface area contributed by atoms with Gasteiger partial charge in [-0.2, -0.15) is 10.2 Å². The van der Waals surface area contributed by atoms with Crippen molar-refractivity contribution in [3.63, 3.8) is 0 Å². The Hall–Kier alpha value is -1.58. The average molecular weight is 162 g/mol. The topological polar surface area (TPSA) is 46.5 Å². The molecule has 4 nitrogen and oxygen atoms in total. The first-order valence-corrected chi connectivity index (χ1v) is 3.82. The molecular formula is C8H10N4. The largest absolute Gasteiger partial charge is 0.285 e. The number of H-pyrrole nitrogens is 1. The van der Waals surface area contributed by atoms with Gasteiger partial charge in [-0.25, -0.2) is 0 Å². The fourth-order valence-corrected chi connectivity index (χ4v) is 1.13. The van der Waals surface area contributed by atoms with E-state index in [0.29, 0.717) is 0 Å². The molecule has 4 heteroatoms. The first-order valence-electron chi connectivity index (χ1n) is 3.82. The third-order valence-corrected chi connectivity index (χ3v) is 1.69. The highest BCUT2D eigenvalue weighted by Gasteiger charge is 1.99. The Morgan fingerprint density at radius 3 is 2.92 bits per heavy atom. The minimum Gasteiger partial charge on any atom is -0.285 e. The fourth-order valence-electron chi connectivity index (χ4n) is 1.13. The highest BCUT2D eigenvalue weighted by Crippen LogP contribution is 2.02. The molecule has 0 unspecified atom stereocenters. The first-order chi connectivity index (χ1) is 5.84. The number of hydrogen-bond acceptors (Lipinski definition) is 2. The molecule has 0 aliphatic heterocycles. The van der Waals surface area contributed by atoms with Crippen molar-refractivity contribution >= 4 is 0 Å². The van der Waals surface area contributed by atoms with Crippen LogP contribution in [0.15, 0.2) is 24.5 Å². The molecule has 0 aliphatic rings. The molecule has 0 aliphatic carbocycles. The van der Waals surface area contributed by atoms with E-state index in [0.717, 1.165) is 17.8 Å². The number of hydrogen-bond donors (Lipinski definition) is 1. The van der Waals surface area contributed by atoms with Gasteiger partial charge >= 0.3 is 0 Å². The van der Waals surface area contributed by atoms with Crippen molar-refractivity contribution in [2.45, 2.75) is 6.42 Å². The van der Waals surface area contributed by atoms with Gasteiger partial charge < -0.3 is 0 Å². The van der Waals surface area contributed by atoms with E-state index in [1.54, 1.807) is 4.68 Å². The van der Waals surface area contributed by atoms with E-state index in [9.17, 15) is 0 Å². The quantitative estimate of drug-likeness (QED) is 0.707. The van der Waals surface area contributed by atoms with Gasteiger partial charge in [-0.05, 0) is 12.1 Å². The monoisotopic (exact) mass is 162 g/mol. The summed E-state index contributed by atoms with van der Waals surface area (Å²) in [6, 6.07) is 3.95. The van der Waals surface area contributed by atoms with Gasteiger partial charge in [0.05, 0.1) is 11.4 Å². The zero-order valence-electron chi connectivity index (χ0n) is 6.86. The Morgan fingerprint density at radius 2 is 2.33 bits per heavy atom. The van der Waals surface area contributed by atoms with Crippen LogP contribution in [-0.2, 0) is 13.5 Å². The van der Waals surface area contributed by atoms with E-state index in [1.807, 2.05) is 31.6 Å². The summed E-state index contributed by atoms with van der Waals surface area (Å²) in [5.41, 5.74) is 2.07. The summed E-state index contributed by atoms with van der Waals surface area (Å²) in [5, 5.41) is 11.1. The van der Waals surface area contributed by atoms with E-state index >= 15 is 0 Å². The van der Waals surface area contributed by atoms with Crippen LogP contribution in [0.3, 0.4) is 0 Å². The molecule has 1 N–H and O–H groups in total. The van der Waals surface area contributed by atoms with Crippen molar-refractivity contribution in [3.8, 4) is 0 Å². The fraction of sp³-hybridized carbons (Fsp3) is 0.250. The second-order valence-corrected chi connectivity index (χ2v) is 2.72. The molecule has 2 heterocycles. The highest BCUT2D eigenvalue weighted by atomic mass is 15.2. The van der Waals surface area contributed by atoms with Gasteiger partial charge in [-0.15, -0.1) is 0 Å². The van der Waals surface area contributed by atoms with Crippen LogP contribution < -0.4 is 0 Å². The normalized spacial score (nSPS) is 10.4. The van der Waals surface area contributed by atoms with Crippen molar-refractivity contribution in [1.29, 1.82) is 0 Å². The van der Waals surface area contributed by atoms with Crippen LogP contribution in [0.5, 0.6) is 0 Å². The molecule has 0 radical (unpaired) electrons. The molecule has 0 amide bonds. The number of aromatic nitrogens is 4. The molecule has 0 saturated carbocycles. The molecular weight excluding hydrogens is 152 g/mol. The lowest BCUT2D eigenvalue weighted by atomic mass is 10.2. The van der Waals surface area contributed by atoms with Gasteiger partial charge in [0.15, 0.2) is 0 Å². The summed E-state index contributed by atoms with van der Waals surface area (Å²) >= 11 is 0. The predicted molar refractivity (Wildman–Crippen MR) is 44.6 cm³/mol. The zero-order valence-corrected chi connectivity index (χ0v) is 6.86. The summed E-state index contributed by atoms with van der Waals surface area (Å²) in [5.74, 6) is 0. The Balaban J connectivity index is 2.14. The van der Waals surface area contributed by atoms with Gasteiger partial charge in [0, 0.05) is 25.9 Å². The molecule has 62 valence electrons. The SMILES string of the molecule is Cn1ccc(Cc2cc[nH]n2)n1. The molecule has 2 aromatic rings. The summed E-state index contributed by atoms with van der Waals surface area (Å²) in [6.45, 7) is 0. The summed E-state index contributed by atoms with van der Waals surface area (Å²) in [4.78, 5) is 0.